The van der Waals surface area contributed by atoms with Crippen LogP contribution in [0.4, 0.5) is 4.79 Å². The normalized spacial score (nSPS) is 15.3. The van der Waals surface area contributed by atoms with Gasteiger partial charge in [0.05, 0.1) is 6.61 Å². The van der Waals surface area contributed by atoms with Crippen molar-refractivity contribution in [1.82, 2.24) is 15.1 Å². The summed E-state index contributed by atoms with van der Waals surface area (Å²) in [6.07, 6.45) is 0. The van der Waals surface area contributed by atoms with E-state index in [4.69, 9.17) is 15.2 Å². The highest BCUT2D eigenvalue weighted by Gasteiger charge is 2.20. The zero-order chi connectivity index (χ0) is 16.5. The van der Waals surface area contributed by atoms with Crippen LogP contribution in [-0.2, 0) is 0 Å². The van der Waals surface area contributed by atoms with Crippen molar-refractivity contribution >= 4 is 6.03 Å². The quantitative estimate of drug-likeness (QED) is 0.723. The van der Waals surface area contributed by atoms with E-state index in [1.54, 1.807) is 4.90 Å². The Balaban J connectivity index is 1.73. The molecule has 7 heteroatoms. The summed E-state index contributed by atoms with van der Waals surface area (Å²) in [4.78, 5) is 16.2. The summed E-state index contributed by atoms with van der Waals surface area (Å²) in [6.45, 7) is 7.28. The number of carbonyl (C=O) groups is 1. The van der Waals surface area contributed by atoms with Gasteiger partial charge < -0.3 is 25.4 Å². The number of nitrogens with two attached hydrogens (primary N) is 1. The van der Waals surface area contributed by atoms with Crippen molar-refractivity contribution < 1.29 is 14.3 Å². The third kappa shape index (κ3) is 5.30. The zero-order valence-corrected chi connectivity index (χ0v) is 13.7. The maximum absolute atomic E-state index is 12.1. The van der Waals surface area contributed by atoms with E-state index < -0.39 is 0 Å². The molecule has 2 rings (SSSR count). The van der Waals surface area contributed by atoms with Gasteiger partial charge in [-0.25, -0.2) is 4.79 Å². The Morgan fingerprint density at radius 3 is 2.43 bits per heavy atom. The second kappa shape index (κ2) is 9.22. The Labute approximate surface area is 137 Å². The molecule has 1 saturated heterocycles. The average Bonchev–Trinajstić information content (AvgIpc) is 2.57. The highest BCUT2D eigenvalue weighted by molar-refractivity contribution is 5.74. The van der Waals surface area contributed by atoms with Crippen molar-refractivity contribution in [2.45, 2.75) is 6.92 Å². The van der Waals surface area contributed by atoms with Crippen LogP contribution >= 0.6 is 0 Å². The van der Waals surface area contributed by atoms with Crippen molar-refractivity contribution in [2.24, 2.45) is 5.73 Å². The summed E-state index contributed by atoms with van der Waals surface area (Å²) in [6, 6.07) is 7.32. The molecule has 7 nitrogen and oxygen atoms in total. The van der Waals surface area contributed by atoms with E-state index in [9.17, 15) is 4.79 Å². The molecule has 1 aliphatic rings. The molecule has 0 spiro atoms. The molecule has 128 valence electrons. The van der Waals surface area contributed by atoms with E-state index in [0.29, 0.717) is 37.7 Å². The van der Waals surface area contributed by atoms with Gasteiger partial charge in [0.1, 0.15) is 0 Å². The van der Waals surface area contributed by atoms with Gasteiger partial charge in [-0.15, -0.1) is 0 Å². The fraction of sp³-hybridized carbons (Fsp3) is 0.562. The molecular formula is C16H26N4O3. The fourth-order valence-corrected chi connectivity index (χ4v) is 2.49. The number of hydrogen-bond donors (Lipinski definition) is 2. The molecule has 0 aromatic heterocycles. The first kappa shape index (κ1) is 17.4. The molecule has 1 aromatic carbocycles. The number of nitrogens with zero attached hydrogens (tertiary/aromatic N) is 2. The molecule has 1 heterocycles. The predicted octanol–water partition coefficient (Wildman–Crippen LogP) is 0.708. The predicted molar refractivity (Wildman–Crippen MR) is 88.7 cm³/mol. The molecule has 2 amide bonds. The van der Waals surface area contributed by atoms with Crippen LogP contribution in [0.3, 0.4) is 0 Å². The Hall–Kier alpha value is -1.99. The molecular weight excluding hydrogens is 296 g/mol. The number of benzene rings is 1. The summed E-state index contributed by atoms with van der Waals surface area (Å²) < 4.78 is 11.1. The number of para-hydroxylation sites is 2. The molecule has 1 aliphatic heterocycles. The van der Waals surface area contributed by atoms with Gasteiger partial charge in [-0.2, -0.15) is 0 Å². The van der Waals surface area contributed by atoms with Crippen LogP contribution in [0.1, 0.15) is 6.92 Å². The Morgan fingerprint density at radius 1 is 1.17 bits per heavy atom. The number of rotatable bonds is 7. The number of nitrogens with one attached hydrogen (secondary N) is 1. The molecule has 1 aromatic rings. The SMILES string of the molecule is CCOc1ccccc1OCNC(=O)N1CCN(CCN)CC1. The minimum atomic E-state index is -0.105. The van der Waals surface area contributed by atoms with Crippen LogP contribution in [0.2, 0.25) is 0 Å². The second-order valence-electron chi connectivity index (χ2n) is 5.27. The van der Waals surface area contributed by atoms with E-state index in [0.717, 1.165) is 19.6 Å². The summed E-state index contributed by atoms with van der Waals surface area (Å²) in [5, 5.41) is 2.78. The molecule has 3 N–H and O–H groups in total. The van der Waals surface area contributed by atoms with Crippen LogP contribution < -0.4 is 20.5 Å². The zero-order valence-electron chi connectivity index (χ0n) is 13.7. The largest absolute Gasteiger partial charge is 0.490 e. The maximum atomic E-state index is 12.1. The van der Waals surface area contributed by atoms with Crippen LogP contribution in [-0.4, -0.2) is 68.4 Å². The Bertz CT molecular complexity index is 490. The van der Waals surface area contributed by atoms with Crippen molar-refractivity contribution in [3.63, 3.8) is 0 Å². The third-order valence-corrected chi connectivity index (χ3v) is 3.70. The summed E-state index contributed by atoms with van der Waals surface area (Å²) in [7, 11) is 0. The maximum Gasteiger partial charge on any atom is 0.320 e. The van der Waals surface area contributed by atoms with Gasteiger partial charge in [0.2, 0.25) is 0 Å². The van der Waals surface area contributed by atoms with E-state index in [1.807, 2.05) is 31.2 Å². The van der Waals surface area contributed by atoms with E-state index in [-0.39, 0.29) is 12.8 Å². The highest BCUT2D eigenvalue weighted by atomic mass is 16.5. The molecule has 0 aliphatic carbocycles. The first-order valence-electron chi connectivity index (χ1n) is 8.04. The van der Waals surface area contributed by atoms with Crippen molar-refractivity contribution in [1.29, 1.82) is 0 Å². The molecule has 1 fully saturated rings. The lowest BCUT2D eigenvalue weighted by atomic mass is 10.3. The molecule has 0 radical (unpaired) electrons. The fourth-order valence-electron chi connectivity index (χ4n) is 2.49. The number of piperazine rings is 1. The minimum absolute atomic E-state index is 0.105. The lowest BCUT2D eigenvalue weighted by Crippen LogP contribution is -2.52. The van der Waals surface area contributed by atoms with E-state index >= 15 is 0 Å². The Kier molecular flexibility index (Phi) is 6.96. The lowest BCUT2D eigenvalue weighted by molar-refractivity contribution is 0.135. The first-order chi connectivity index (χ1) is 11.2. The summed E-state index contributed by atoms with van der Waals surface area (Å²) in [5.41, 5.74) is 5.55. The second-order valence-corrected chi connectivity index (χ2v) is 5.27. The smallest absolute Gasteiger partial charge is 0.320 e. The van der Waals surface area contributed by atoms with Gasteiger partial charge in [0, 0.05) is 39.3 Å². The summed E-state index contributed by atoms with van der Waals surface area (Å²) in [5.74, 6) is 1.31. The third-order valence-electron chi connectivity index (χ3n) is 3.70. The van der Waals surface area contributed by atoms with Crippen molar-refractivity contribution in [3.8, 4) is 11.5 Å². The Morgan fingerprint density at radius 2 is 1.83 bits per heavy atom. The standard InChI is InChI=1S/C16H26N4O3/c1-2-22-14-5-3-4-6-15(14)23-13-18-16(21)20-11-9-19(8-7-17)10-12-20/h3-6H,2,7-13,17H2,1H3,(H,18,21). The molecule has 0 atom stereocenters. The number of urea groups is 1. The van der Waals surface area contributed by atoms with Crippen molar-refractivity contribution in [2.75, 3.05) is 52.6 Å². The van der Waals surface area contributed by atoms with Crippen LogP contribution in [0.15, 0.2) is 24.3 Å². The number of carbonyl (C=O) groups excluding carboxylic acids is 1. The van der Waals surface area contributed by atoms with Gasteiger partial charge in [-0.3, -0.25) is 4.90 Å². The topological polar surface area (TPSA) is 80.1 Å². The molecule has 23 heavy (non-hydrogen) atoms. The van der Waals surface area contributed by atoms with Gasteiger partial charge in [-0.05, 0) is 19.1 Å². The van der Waals surface area contributed by atoms with Crippen molar-refractivity contribution in [3.05, 3.63) is 24.3 Å². The average molecular weight is 322 g/mol. The molecule has 0 unspecified atom stereocenters. The van der Waals surface area contributed by atoms with Gasteiger partial charge in [0.15, 0.2) is 18.2 Å². The summed E-state index contributed by atoms with van der Waals surface area (Å²) >= 11 is 0. The monoisotopic (exact) mass is 322 g/mol. The number of ether oxygens (including phenoxy) is 2. The molecule has 0 saturated carbocycles. The van der Waals surface area contributed by atoms with Gasteiger partial charge in [0.25, 0.3) is 0 Å². The minimum Gasteiger partial charge on any atom is -0.490 e. The number of hydrogen-bond acceptors (Lipinski definition) is 5. The van der Waals surface area contributed by atoms with E-state index in [2.05, 4.69) is 10.2 Å². The van der Waals surface area contributed by atoms with Crippen LogP contribution in [0.25, 0.3) is 0 Å². The lowest BCUT2D eigenvalue weighted by Gasteiger charge is -2.34. The highest BCUT2D eigenvalue weighted by Crippen LogP contribution is 2.25. The molecule has 0 bridgehead atoms. The van der Waals surface area contributed by atoms with Crippen LogP contribution in [0, 0.1) is 0 Å². The van der Waals surface area contributed by atoms with Crippen LogP contribution in [0.5, 0.6) is 11.5 Å². The van der Waals surface area contributed by atoms with Gasteiger partial charge >= 0.3 is 6.03 Å². The van der Waals surface area contributed by atoms with E-state index in [1.165, 1.54) is 0 Å². The first-order valence-corrected chi connectivity index (χ1v) is 8.04. The van der Waals surface area contributed by atoms with Gasteiger partial charge in [-0.1, -0.05) is 12.1 Å². The number of amides is 2.